The minimum absolute atomic E-state index is 0.0373. The quantitative estimate of drug-likeness (QED) is 0.303. The molecule has 0 spiro atoms. The molecule has 6 rings (SSSR count). The molecule has 31 heavy (non-hydrogen) atoms. The first kappa shape index (κ1) is 19.0. The second-order valence-electron chi connectivity index (χ2n) is 7.78. The van der Waals surface area contributed by atoms with Crippen molar-refractivity contribution in [3.05, 3.63) is 109 Å². The predicted octanol–water partition coefficient (Wildman–Crippen LogP) is 7.92. The zero-order valence-electron chi connectivity index (χ0n) is 16.7. The molecule has 0 saturated heterocycles. The molecule has 0 unspecified atom stereocenters. The van der Waals surface area contributed by atoms with Gasteiger partial charge in [-0.1, -0.05) is 91.0 Å². The van der Waals surface area contributed by atoms with Gasteiger partial charge in [-0.25, -0.2) is 0 Å². The van der Waals surface area contributed by atoms with Gasteiger partial charge < -0.3 is 5.11 Å². The fourth-order valence-corrected chi connectivity index (χ4v) is 7.27. The maximum absolute atomic E-state index is 11.3. The van der Waals surface area contributed by atoms with Crippen molar-refractivity contribution in [2.24, 2.45) is 0 Å². The number of hydrogen-bond acceptors (Lipinski definition) is 3. The molecule has 0 bridgehead atoms. The number of thioether (sulfide) groups is 2. The first-order valence-electron chi connectivity index (χ1n) is 10.4. The van der Waals surface area contributed by atoms with Crippen molar-refractivity contribution in [1.29, 1.82) is 0 Å². The van der Waals surface area contributed by atoms with E-state index in [-0.39, 0.29) is 4.58 Å². The van der Waals surface area contributed by atoms with Crippen molar-refractivity contribution < 1.29 is 5.11 Å². The Balaban J connectivity index is 1.64. The van der Waals surface area contributed by atoms with Crippen molar-refractivity contribution in [3.8, 4) is 11.1 Å². The van der Waals surface area contributed by atoms with Crippen LogP contribution >= 0.6 is 23.5 Å². The first-order chi connectivity index (χ1) is 15.3. The van der Waals surface area contributed by atoms with Crippen LogP contribution in [0.2, 0.25) is 0 Å². The van der Waals surface area contributed by atoms with E-state index in [1.54, 1.807) is 23.5 Å². The van der Waals surface area contributed by atoms with Crippen molar-refractivity contribution in [3.63, 3.8) is 0 Å². The van der Waals surface area contributed by atoms with E-state index in [9.17, 15) is 5.11 Å². The number of aliphatic hydroxyl groups excluding tert-OH is 1. The topological polar surface area (TPSA) is 20.2 Å². The number of aliphatic hydroxyl groups is 1. The maximum Gasteiger partial charge on any atom is 0.101 e. The average Bonchev–Trinajstić information content (AvgIpc) is 3.01. The number of hydrogen-bond donors (Lipinski definition) is 1. The largest absolute Gasteiger partial charge is 0.386 e. The highest BCUT2D eigenvalue weighted by atomic mass is 32.2. The van der Waals surface area contributed by atoms with Crippen LogP contribution in [0, 0.1) is 0 Å². The molecule has 1 nitrogen and oxygen atoms in total. The van der Waals surface area contributed by atoms with Crippen LogP contribution in [0.3, 0.4) is 0 Å². The second-order valence-corrected chi connectivity index (χ2v) is 10.4. The Hall–Kier alpha value is -2.72. The third-order valence-electron chi connectivity index (χ3n) is 5.92. The number of fused-ring (bicyclic) bond motifs is 7. The van der Waals surface area contributed by atoms with Gasteiger partial charge in [-0.15, -0.1) is 23.5 Å². The van der Waals surface area contributed by atoms with E-state index in [0.29, 0.717) is 0 Å². The highest BCUT2D eigenvalue weighted by Gasteiger charge is 2.30. The Morgan fingerprint density at radius 3 is 1.58 bits per heavy atom. The third kappa shape index (κ3) is 3.25. The van der Waals surface area contributed by atoms with Gasteiger partial charge in [0.1, 0.15) is 6.10 Å². The summed E-state index contributed by atoms with van der Waals surface area (Å²) < 4.78 is -0.0373. The van der Waals surface area contributed by atoms with Crippen LogP contribution in [-0.4, -0.2) is 9.69 Å². The fraction of sp³-hybridized carbons (Fsp3) is 0.0714. The van der Waals surface area contributed by atoms with Gasteiger partial charge in [0.15, 0.2) is 0 Å². The van der Waals surface area contributed by atoms with Crippen LogP contribution in [0.1, 0.15) is 11.7 Å². The minimum atomic E-state index is -0.562. The lowest BCUT2D eigenvalue weighted by molar-refractivity contribution is 0.196. The molecule has 0 saturated carbocycles. The van der Waals surface area contributed by atoms with Gasteiger partial charge in [0.2, 0.25) is 0 Å². The molecule has 0 amide bonds. The second kappa shape index (κ2) is 7.76. The fourth-order valence-electron chi connectivity index (χ4n) is 4.43. The molecule has 0 fully saturated rings. The third-order valence-corrected chi connectivity index (χ3v) is 8.66. The van der Waals surface area contributed by atoms with Gasteiger partial charge in [0.25, 0.3) is 0 Å². The highest BCUT2D eigenvalue weighted by molar-refractivity contribution is 8.17. The molecule has 5 aromatic carbocycles. The average molecular weight is 437 g/mol. The van der Waals surface area contributed by atoms with Gasteiger partial charge >= 0.3 is 0 Å². The van der Waals surface area contributed by atoms with E-state index in [1.807, 2.05) is 30.3 Å². The van der Waals surface area contributed by atoms with Gasteiger partial charge in [0.05, 0.1) is 4.58 Å². The van der Waals surface area contributed by atoms with E-state index >= 15 is 0 Å². The Labute approximate surface area is 190 Å². The normalized spacial score (nSPS) is 14.7. The number of benzene rings is 5. The molecule has 1 atom stereocenters. The summed E-state index contributed by atoms with van der Waals surface area (Å²) in [7, 11) is 0. The summed E-state index contributed by atoms with van der Waals surface area (Å²) >= 11 is 3.55. The lowest BCUT2D eigenvalue weighted by Crippen LogP contribution is -2.11. The zero-order valence-corrected chi connectivity index (χ0v) is 18.4. The first-order valence-corrected chi connectivity index (χ1v) is 12.2. The Morgan fingerprint density at radius 2 is 1.03 bits per heavy atom. The molecule has 3 heteroatoms. The van der Waals surface area contributed by atoms with E-state index < -0.39 is 6.10 Å². The summed E-state index contributed by atoms with van der Waals surface area (Å²) in [5.74, 6) is 0. The standard InChI is InChI=1S/C28H20OS2/c29-27(20-10-2-1-3-11-20)28-30-23-16-14-18-8-4-6-12-21(18)25(23)26-22-13-7-5-9-19(22)15-17-24(26)31-28/h1-17,27-29H/t27-/m1/s1. The molecule has 1 aliphatic rings. The van der Waals surface area contributed by atoms with Gasteiger partial charge in [-0.2, -0.15) is 0 Å². The zero-order chi connectivity index (χ0) is 20.8. The Morgan fingerprint density at radius 1 is 0.548 bits per heavy atom. The molecule has 150 valence electrons. The Bertz CT molecular complexity index is 1320. The molecule has 0 radical (unpaired) electrons. The summed E-state index contributed by atoms with van der Waals surface area (Å²) in [4.78, 5) is 2.45. The van der Waals surface area contributed by atoms with Crippen molar-refractivity contribution in [1.82, 2.24) is 0 Å². The van der Waals surface area contributed by atoms with E-state index in [1.165, 1.54) is 42.5 Å². The van der Waals surface area contributed by atoms with Crippen LogP contribution in [0.4, 0.5) is 0 Å². The molecule has 5 aromatic rings. The molecule has 0 aromatic heterocycles. The summed E-state index contributed by atoms with van der Waals surface area (Å²) in [6.07, 6.45) is -0.562. The predicted molar refractivity (Wildman–Crippen MR) is 134 cm³/mol. The van der Waals surface area contributed by atoms with Crippen molar-refractivity contribution in [2.75, 3.05) is 0 Å². The summed E-state index contributed by atoms with van der Waals surface area (Å²) in [6.45, 7) is 0. The van der Waals surface area contributed by atoms with E-state index in [2.05, 4.69) is 72.8 Å². The van der Waals surface area contributed by atoms with Crippen LogP contribution in [0.5, 0.6) is 0 Å². The summed E-state index contributed by atoms with van der Waals surface area (Å²) in [5.41, 5.74) is 3.52. The van der Waals surface area contributed by atoms with Crippen LogP contribution < -0.4 is 0 Å². The highest BCUT2D eigenvalue weighted by Crippen LogP contribution is 2.54. The van der Waals surface area contributed by atoms with Crippen molar-refractivity contribution >= 4 is 45.1 Å². The molecule has 0 aliphatic carbocycles. The monoisotopic (exact) mass is 436 g/mol. The van der Waals surface area contributed by atoms with Crippen molar-refractivity contribution in [2.45, 2.75) is 20.5 Å². The van der Waals surface area contributed by atoms with E-state index in [4.69, 9.17) is 0 Å². The minimum Gasteiger partial charge on any atom is -0.386 e. The summed E-state index contributed by atoms with van der Waals surface area (Å²) in [5, 5.41) is 16.3. The molecule has 1 N–H and O–H groups in total. The number of rotatable bonds is 2. The lowest BCUT2D eigenvalue weighted by atomic mass is 9.94. The lowest BCUT2D eigenvalue weighted by Gasteiger charge is -2.21. The Kier molecular flexibility index (Phi) is 4.76. The van der Waals surface area contributed by atoms with Crippen LogP contribution in [0.25, 0.3) is 32.7 Å². The van der Waals surface area contributed by atoms with Gasteiger partial charge in [-0.3, -0.25) is 0 Å². The molecular formula is C28H20OS2. The van der Waals surface area contributed by atoms with Gasteiger partial charge in [0, 0.05) is 20.9 Å². The molecule has 1 heterocycles. The van der Waals surface area contributed by atoms with Crippen LogP contribution in [-0.2, 0) is 0 Å². The van der Waals surface area contributed by atoms with E-state index in [0.717, 1.165) is 5.56 Å². The smallest absolute Gasteiger partial charge is 0.101 e. The summed E-state index contributed by atoms with van der Waals surface area (Å²) in [6, 6.07) is 36.1. The SMILES string of the molecule is O[C@H](c1ccccc1)C1Sc2ccc3ccccc3c2-c2c(ccc3ccccc23)S1. The molecular weight excluding hydrogens is 416 g/mol. The van der Waals surface area contributed by atoms with Crippen LogP contribution in [0.15, 0.2) is 113 Å². The molecule has 1 aliphatic heterocycles. The van der Waals surface area contributed by atoms with Gasteiger partial charge in [-0.05, 0) is 39.2 Å². The maximum atomic E-state index is 11.3.